The topological polar surface area (TPSA) is 69.0 Å². The number of anilines is 1. The second-order valence-corrected chi connectivity index (χ2v) is 5.49. The van der Waals surface area contributed by atoms with Crippen molar-refractivity contribution >= 4 is 23.4 Å². The predicted octanol–water partition coefficient (Wildman–Crippen LogP) is 2.48. The average Bonchev–Trinajstić information content (AvgIpc) is 2.91. The van der Waals surface area contributed by atoms with Crippen molar-refractivity contribution in [1.82, 2.24) is 14.8 Å². The molecule has 1 heterocycles. The molecule has 0 aliphatic heterocycles. The molecule has 0 unspecified atom stereocenters. The number of amides is 1. The van der Waals surface area contributed by atoms with E-state index in [9.17, 15) is 9.18 Å². The van der Waals surface area contributed by atoms with E-state index < -0.39 is 5.82 Å². The standard InChI is InChI=1S/C15H17FN4O2S/c1-3-8-20-13(9-22-2)18-19-15(20)23-10-14(21)17-12-7-5-4-6-11(12)16/h3-7H,1,8-10H2,2H3,(H,17,21). The van der Waals surface area contributed by atoms with Gasteiger partial charge in [0.2, 0.25) is 5.91 Å². The number of nitrogens with zero attached hydrogens (tertiary/aromatic N) is 3. The third-order valence-electron chi connectivity index (χ3n) is 2.86. The number of thioether (sulfide) groups is 1. The summed E-state index contributed by atoms with van der Waals surface area (Å²) < 4.78 is 20.4. The monoisotopic (exact) mass is 336 g/mol. The van der Waals surface area contributed by atoms with Crippen LogP contribution in [0.4, 0.5) is 10.1 Å². The molecule has 0 aliphatic rings. The van der Waals surface area contributed by atoms with Crippen LogP contribution in [0.3, 0.4) is 0 Å². The van der Waals surface area contributed by atoms with Crippen LogP contribution in [0.25, 0.3) is 0 Å². The molecule has 1 aromatic heterocycles. The van der Waals surface area contributed by atoms with Gasteiger partial charge in [0.05, 0.1) is 11.4 Å². The van der Waals surface area contributed by atoms with Crippen LogP contribution in [0.5, 0.6) is 0 Å². The van der Waals surface area contributed by atoms with Crippen LogP contribution < -0.4 is 5.32 Å². The maximum absolute atomic E-state index is 13.5. The highest BCUT2D eigenvalue weighted by atomic mass is 32.2. The highest BCUT2D eigenvalue weighted by Gasteiger charge is 2.14. The highest BCUT2D eigenvalue weighted by Crippen LogP contribution is 2.19. The Kier molecular flexibility index (Phi) is 6.30. The third kappa shape index (κ3) is 4.64. The normalized spacial score (nSPS) is 10.5. The van der Waals surface area contributed by atoms with Crippen molar-refractivity contribution in [2.24, 2.45) is 0 Å². The van der Waals surface area contributed by atoms with Gasteiger partial charge in [0, 0.05) is 13.7 Å². The first-order valence-corrected chi connectivity index (χ1v) is 7.83. The minimum Gasteiger partial charge on any atom is -0.377 e. The van der Waals surface area contributed by atoms with Crippen LogP contribution >= 0.6 is 11.8 Å². The first-order chi connectivity index (χ1) is 11.2. The van der Waals surface area contributed by atoms with Crippen molar-refractivity contribution in [3.63, 3.8) is 0 Å². The molecule has 0 aliphatic carbocycles. The van der Waals surface area contributed by atoms with Crippen molar-refractivity contribution in [2.75, 3.05) is 18.2 Å². The van der Waals surface area contributed by atoms with E-state index in [1.54, 1.807) is 25.3 Å². The molecule has 8 heteroatoms. The largest absolute Gasteiger partial charge is 0.377 e. The Bertz CT molecular complexity index is 690. The number of methoxy groups -OCH3 is 1. The Morgan fingerprint density at radius 3 is 2.96 bits per heavy atom. The summed E-state index contributed by atoms with van der Waals surface area (Å²) in [6, 6.07) is 6.02. The minimum absolute atomic E-state index is 0.0938. The number of ether oxygens (including phenoxy) is 1. The number of benzene rings is 1. The molecular weight excluding hydrogens is 319 g/mol. The summed E-state index contributed by atoms with van der Waals surface area (Å²) >= 11 is 1.22. The van der Waals surface area contributed by atoms with Gasteiger partial charge in [0.25, 0.3) is 0 Å². The number of hydrogen-bond acceptors (Lipinski definition) is 5. The molecule has 2 rings (SSSR count). The van der Waals surface area contributed by atoms with E-state index in [2.05, 4.69) is 22.1 Å². The number of allylic oxidation sites excluding steroid dienone is 1. The zero-order valence-electron chi connectivity index (χ0n) is 12.7. The number of carbonyl (C=O) groups excluding carboxylic acids is 1. The number of hydrogen-bond donors (Lipinski definition) is 1. The molecule has 1 amide bonds. The first-order valence-electron chi connectivity index (χ1n) is 6.84. The zero-order valence-corrected chi connectivity index (χ0v) is 13.5. The Labute approximate surface area is 137 Å². The first kappa shape index (κ1) is 17.2. The van der Waals surface area contributed by atoms with Crippen molar-refractivity contribution in [3.05, 3.63) is 48.6 Å². The SMILES string of the molecule is C=CCn1c(COC)nnc1SCC(=O)Nc1ccccc1F. The molecule has 0 radical (unpaired) electrons. The van der Waals surface area contributed by atoms with Gasteiger partial charge in [0.15, 0.2) is 11.0 Å². The van der Waals surface area contributed by atoms with Gasteiger partial charge in [-0.05, 0) is 12.1 Å². The second-order valence-electron chi connectivity index (χ2n) is 4.55. The van der Waals surface area contributed by atoms with Crippen LogP contribution in [0, 0.1) is 5.82 Å². The van der Waals surface area contributed by atoms with Gasteiger partial charge in [-0.1, -0.05) is 30.0 Å². The average molecular weight is 336 g/mol. The fraction of sp³-hybridized carbons (Fsp3) is 0.267. The van der Waals surface area contributed by atoms with Gasteiger partial charge in [-0.3, -0.25) is 4.79 Å². The summed E-state index contributed by atoms with van der Waals surface area (Å²) in [5.74, 6) is -0.0367. The van der Waals surface area contributed by atoms with E-state index in [1.165, 1.54) is 23.9 Å². The lowest BCUT2D eigenvalue weighted by Crippen LogP contribution is -2.15. The Hall–Kier alpha value is -2.19. The van der Waals surface area contributed by atoms with Crippen LogP contribution in [-0.4, -0.2) is 33.5 Å². The van der Waals surface area contributed by atoms with Crippen LogP contribution in [0.15, 0.2) is 42.1 Å². The minimum atomic E-state index is -0.469. The number of aromatic nitrogens is 3. The number of rotatable bonds is 8. The van der Waals surface area contributed by atoms with Gasteiger partial charge in [-0.25, -0.2) is 4.39 Å². The Morgan fingerprint density at radius 1 is 1.48 bits per heavy atom. The summed E-state index contributed by atoms with van der Waals surface area (Å²) in [7, 11) is 1.57. The molecule has 1 aromatic carbocycles. The maximum Gasteiger partial charge on any atom is 0.234 e. The summed E-state index contributed by atoms with van der Waals surface area (Å²) in [6.45, 7) is 4.53. The van der Waals surface area contributed by atoms with E-state index in [1.807, 2.05) is 4.57 Å². The zero-order chi connectivity index (χ0) is 16.7. The lowest BCUT2D eigenvalue weighted by Gasteiger charge is -2.08. The maximum atomic E-state index is 13.5. The predicted molar refractivity (Wildman–Crippen MR) is 86.7 cm³/mol. The van der Waals surface area contributed by atoms with Gasteiger partial charge in [-0.2, -0.15) is 0 Å². The van der Waals surface area contributed by atoms with Crippen molar-refractivity contribution < 1.29 is 13.9 Å². The molecule has 0 spiro atoms. The molecule has 0 fully saturated rings. The smallest absolute Gasteiger partial charge is 0.234 e. The highest BCUT2D eigenvalue weighted by molar-refractivity contribution is 7.99. The van der Waals surface area contributed by atoms with E-state index in [0.717, 1.165) is 0 Å². The molecule has 23 heavy (non-hydrogen) atoms. The van der Waals surface area contributed by atoms with E-state index >= 15 is 0 Å². The molecule has 6 nitrogen and oxygen atoms in total. The van der Waals surface area contributed by atoms with Crippen molar-refractivity contribution in [3.8, 4) is 0 Å². The van der Waals surface area contributed by atoms with E-state index in [0.29, 0.717) is 24.1 Å². The fourth-order valence-corrected chi connectivity index (χ4v) is 2.62. The van der Waals surface area contributed by atoms with E-state index in [4.69, 9.17) is 4.74 Å². The van der Waals surface area contributed by atoms with Crippen LogP contribution in [-0.2, 0) is 22.7 Å². The summed E-state index contributed by atoms with van der Waals surface area (Å²) in [5, 5.41) is 11.2. The molecule has 122 valence electrons. The number of halogens is 1. The van der Waals surface area contributed by atoms with Gasteiger partial charge in [-0.15, -0.1) is 16.8 Å². The number of para-hydroxylation sites is 1. The molecule has 0 saturated heterocycles. The summed E-state index contributed by atoms with van der Waals surface area (Å²) in [6.07, 6.45) is 1.71. The summed E-state index contributed by atoms with van der Waals surface area (Å²) in [4.78, 5) is 11.9. The lowest BCUT2D eigenvalue weighted by molar-refractivity contribution is -0.113. The van der Waals surface area contributed by atoms with Gasteiger partial charge < -0.3 is 14.6 Å². The fourth-order valence-electron chi connectivity index (χ4n) is 1.85. The number of carbonyl (C=O) groups is 1. The van der Waals surface area contributed by atoms with Crippen LogP contribution in [0.1, 0.15) is 5.82 Å². The molecule has 1 N–H and O–H groups in total. The number of nitrogens with one attached hydrogen (secondary N) is 1. The molecular formula is C15H17FN4O2S. The van der Waals surface area contributed by atoms with Gasteiger partial charge >= 0.3 is 0 Å². The third-order valence-corrected chi connectivity index (χ3v) is 3.83. The second kappa shape index (κ2) is 8.44. The summed E-state index contributed by atoms with van der Waals surface area (Å²) in [5.41, 5.74) is 0.158. The van der Waals surface area contributed by atoms with E-state index in [-0.39, 0.29) is 17.3 Å². The molecule has 2 aromatic rings. The van der Waals surface area contributed by atoms with Crippen molar-refractivity contribution in [1.29, 1.82) is 0 Å². The Morgan fingerprint density at radius 2 is 2.26 bits per heavy atom. The van der Waals surface area contributed by atoms with Crippen molar-refractivity contribution in [2.45, 2.75) is 18.3 Å². The Balaban J connectivity index is 1.99. The van der Waals surface area contributed by atoms with Crippen LogP contribution in [0.2, 0.25) is 0 Å². The van der Waals surface area contributed by atoms with Gasteiger partial charge in [0.1, 0.15) is 12.4 Å². The molecule has 0 saturated carbocycles. The molecule has 0 bridgehead atoms. The lowest BCUT2D eigenvalue weighted by atomic mass is 10.3. The molecule has 0 atom stereocenters. The quantitative estimate of drug-likeness (QED) is 0.592.